The predicted octanol–water partition coefficient (Wildman–Crippen LogP) is 6.57. The zero-order valence-corrected chi connectivity index (χ0v) is 23.7. The van der Waals surface area contributed by atoms with Crippen molar-refractivity contribution in [1.29, 1.82) is 0 Å². The van der Waals surface area contributed by atoms with Gasteiger partial charge in [-0.3, -0.25) is 4.90 Å². The Morgan fingerprint density at radius 1 is 0.882 bits per heavy atom. The zero-order valence-electron chi connectivity index (χ0n) is 22.9. The van der Waals surface area contributed by atoms with Gasteiger partial charge in [0.2, 0.25) is 0 Å². The molecule has 0 amide bonds. The summed E-state index contributed by atoms with van der Waals surface area (Å²) in [6.45, 7) is 24.5. The smallest absolute Gasteiger partial charge is 0.0726 e. The highest BCUT2D eigenvalue weighted by atomic mass is 35.5. The normalized spacial score (nSPS) is 28.0. The van der Waals surface area contributed by atoms with Gasteiger partial charge in [0.05, 0.1) is 12.2 Å². The highest BCUT2D eigenvalue weighted by molar-refractivity contribution is 5.85. The summed E-state index contributed by atoms with van der Waals surface area (Å²) in [6.07, 6.45) is 5.73. The first-order chi connectivity index (χ1) is 15.5. The van der Waals surface area contributed by atoms with Gasteiger partial charge >= 0.3 is 0 Å². The molecule has 3 aliphatic rings. The van der Waals surface area contributed by atoms with Crippen LogP contribution < -0.4 is 9.80 Å². The molecule has 2 unspecified atom stereocenters. The van der Waals surface area contributed by atoms with Gasteiger partial charge in [0.25, 0.3) is 0 Å². The number of rotatable bonds is 5. The van der Waals surface area contributed by atoms with Crippen LogP contribution in [0.25, 0.3) is 0 Å². The van der Waals surface area contributed by atoms with E-state index in [1.807, 2.05) is 0 Å². The topological polar surface area (TPSA) is 19.0 Å². The van der Waals surface area contributed by atoms with E-state index in [0.29, 0.717) is 16.7 Å². The molecule has 4 rings (SSSR count). The fraction of sp³-hybridized carbons (Fsp3) is 0.793. The Hall–Kier alpha value is -0.970. The Morgan fingerprint density at radius 2 is 1.47 bits per heavy atom. The van der Waals surface area contributed by atoms with Gasteiger partial charge in [-0.25, -0.2) is 0 Å². The van der Waals surface area contributed by atoms with Crippen LogP contribution in [-0.2, 0) is 4.74 Å². The Morgan fingerprint density at radius 3 is 2.03 bits per heavy atom. The molecule has 0 radical (unpaired) electrons. The Kier molecular flexibility index (Phi) is 8.91. The lowest BCUT2D eigenvalue weighted by atomic mass is 9.60. The Labute approximate surface area is 215 Å². The van der Waals surface area contributed by atoms with Gasteiger partial charge in [0.1, 0.15) is 0 Å². The van der Waals surface area contributed by atoms with Crippen molar-refractivity contribution >= 4 is 23.8 Å². The summed E-state index contributed by atoms with van der Waals surface area (Å²) < 4.78 is 6.03. The minimum Gasteiger partial charge on any atom is -0.372 e. The highest BCUT2D eigenvalue weighted by Gasteiger charge is 2.40. The van der Waals surface area contributed by atoms with Crippen LogP contribution in [-0.4, -0.2) is 62.9 Å². The lowest BCUT2D eigenvalue weighted by Crippen LogP contribution is -2.47. The molecule has 1 aromatic rings. The van der Waals surface area contributed by atoms with Crippen LogP contribution in [0.2, 0.25) is 0 Å². The fourth-order valence-electron chi connectivity index (χ4n) is 7.34. The molecule has 2 aliphatic heterocycles. The molecule has 194 valence electrons. The molecule has 4 nitrogen and oxygen atoms in total. The second-order valence-corrected chi connectivity index (χ2v) is 12.8. The van der Waals surface area contributed by atoms with Crippen molar-refractivity contribution < 1.29 is 4.74 Å². The van der Waals surface area contributed by atoms with Crippen molar-refractivity contribution in [3.05, 3.63) is 23.8 Å². The molecule has 2 heterocycles. The van der Waals surface area contributed by atoms with E-state index in [4.69, 9.17) is 4.74 Å². The van der Waals surface area contributed by atoms with Gasteiger partial charge in [0.15, 0.2) is 0 Å². The zero-order chi connectivity index (χ0) is 23.8. The van der Waals surface area contributed by atoms with E-state index in [1.165, 1.54) is 56.7 Å². The van der Waals surface area contributed by atoms with Crippen LogP contribution in [0.5, 0.6) is 0 Å². The average Bonchev–Trinajstić information content (AvgIpc) is 2.71. The van der Waals surface area contributed by atoms with E-state index in [2.05, 4.69) is 81.4 Å². The molecular weight excluding hydrogens is 442 g/mol. The summed E-state index contributed by atoms with van der Waals surface area (Å²) in [7, 11) is 0. The molecule has 0 spiro atoms. The van der Waals surface area contributed by atoms with Gasteiger partial charge in [0, 0.05) is 50.6 Å². The molecule has 1 saturated carbocycles. The third-order valence-electron chi connectivity index (χ3n) is 8.04. The number of nitrogens with zero attached hydrogens (tertiary/aromatic N) is 3. The van der Waals surface area contributed by atoms with Crippen LogP contribution in [0.4, 0.5) is 11.4 Å². The van der Waals surface area contributed by atoms with Gasteiger partial charge < -0.3 is 14.5 Å². The first kappa shape index (κ1) is 27.6. The van der Waals surface area contributed by atoms with E-state index in [0.717, 1.165) is 26.2 Å². The lowest BCUT2D eigenvalue weighted by molar-refractivity contribution is -0.00522. The summed E-state index contributed by atoms with van der Waals surface area (Å²) in [5.41, 5.74) is 5.27. The van der Waals surface area contributed by atoms with Crippen LogP contribution in [0.3, 0.4) is 0 Å². The molecule has 5 heteroatoms. The van der Waals surface area contributed by atoms with Crippen molar-refractivity contribution in [2.24, 2.45) is 10.8 Å². The van der Waals surface area contributed by atoms with Crippen molar-refractivity contribution in [3.8, 4) is 0 Å². The molecular formula is C29H50ClN3O. The van der Waals surface area contributed by atoms with Crippen LogP contribution in [0.1, 0.15) is 85.6 Å². The van der Waals surface area contributed by atoms with Gasteiger partial charge in [-0.2, -0.15) is 0 Å². The van der Waals surface area contributed by atoms with Crippen LogP contribution >= 0.6 is 12.4 Å². The highest BCUT2D eigenvalue weighted by Crippen LogP contribution is 2.53. The minimum atomic E-state index is 0. The van der Waals surface area contributed by atoms with Crippen LogP contribution in [0, 0.1) is 10.8 Å². The fourth-order valence-corrected chi connectivity index (χ4v) is 7.34. The largest absolute Gasteiger partial charge is 0.372 e. The number of benzene rings is 1. The summed E-state index contributed by atoms with van der Waals surface area (Å²) in [6, 6.07) is 7.42. The summed E-state index contributed by atoms with van der Waals surface area (Å²) in [5, 5.41) is 0. The van der Waals surface area contributed by atoms with Gasteiger partial charge in [-0.1, -0.05) is 34.6 Å². The SMILES string of the molecule is CCCN1CCN(c2ccc(N3CC(C)OC(C)C3)cc2C2CC(C)(C)CC(C)(C)C2)CC1.Cl. The number of hydrogen-bond acceptors (Lipinski definition) is 4. The Balaban J connectivity index is 0.00000324. The van der Waals surface area contributed by atoms with E-state index in [1.54, 1.807) is 5.56 Å². The van der Waals surface area contributed by atoms with Crippen molar-refractivity contribution in [2.75, 3.05) is 55.6 Å². The molecule has 3 fully saturated rings. The number of piperazine rings is 1. The molecule has 2 atom stereocenters. The monoisotopic (exact) mass is 491 g/mol. The van der Waals surface area contributed by atoms with E-state index < -0.39 is 0 Å². The Bertz CT molecular complexity index is 777. The predicted molar refractivity (Wildman–Crippen MR) is 149 cm³/mol. The van der Waals surface area contributed by atoms with Crippen molar-refractivity contribution in [3.63, 3.8) is 0 Å². The maximum Gasteiger partial charge on any atom is 0.0726 e. The number of hydrogen-bond donors (Lipinski definition) is 0. The van der Waals surface area contributed by atoms with Gasteiger partial charge in [-0.05, 0) is 86.6 Å². The molecule has 0 N–H and O–H groups in total. The van der Waals surface area contributed by atoms with E-state index in [9.17, 15) is 0 Å². The first-order valence-corrected chi connectivity index (χ1v) is 13.6. The van der Waals surface area contributed by atoms with Crippen molar-refractivity contribution in [1.82, 2.24) is 4.90 Å². The molecule has 1 aromatic carbocycles. The number of halogens is 1. The minimum absolute atomic E-state index is 0. The number of morpholine rings is 1. The average molecular weight is 492 g/mol. The molecule has 1 aliphatic carbocycles. The van der Waals surface area contributed by atoms with E-state index in [-0.39, 0.29) is 24.6 Å². The standard InChI is InChI=1S/C29H49N3O.ClH/c1-8-11-30-12-14-31(15-13-30)27-10-9-25(32-19-22(2)33-23(3)20-32)16-26(27)24-17-28(4,5)21-29(6,7)18-24;/h9-10,16,22-24H,8,11-15,17-21H2,1-7H3;1H. The third kappa shape index (κ3) is 6.62. The second kappa shape index (κ2) is 11.0. The molecule has 34 heavy (non-hydrogen) atoms. The third-order valence-corrected chi connectivity index (χ3v) is 8.04. The number of ether oxygens (including phenoxy) is 1. The summed E-state index contributed by atoms with van der Waals surface area (Å²) in [5.74, 6) is 0.628. The molecule has 2 saturated heterocycles. The van der Waals surface area contributed by atoms with Crippen molar-refractivity contribution in [2.45, 2.75) is 92.3 Å². The maximum absolute atomic E-state index is 6.03. The van der Waals surface area contributed by atoms with Crippen LogP contribution in [0.15, 0.2) is 18.2 Å². The molecule has 0 aromatic heterocycles. The number of anilines is 2. The molecule has 0 bridgehead atoms. The van der Waals surface area contributed by atoms with E-state index >= 15 is 0 Å². The summed E-state index contributed by atoms with van der Waals surface area (Å²) >= 11 is 0. The summed E-state index contributed by atoms with van der Waals surface area (Å²) in [4.78, 5) is 7.88. The maximum atomic E-state index is 6.03. The first-order valence-electron chi connectivity index (χ1n) is 13.6. The van der Waals surface area contributed by atoms with Gasteiger partial charge in [-0.15, -0.1) is 12.4 Å². The second-order valence-electron chi connectivity index (χ2n) is 12.8. The quantitative estimate of drug-likeness (QED) is 0.463. The lowest BCUT2D eigenvalue weighted by Gasteiger charge is -2.47.